The first-order valence-corrected chi connectivity index (χ1v) is 9.29. The Morgan fingerprint density at radius 1 is 1.26 bits per heavy atom. The Kier molecular flexibility index (Phi) is 5.85. The van der Waals surface area contributed by atoms with Crippen molar-refractivity contribution in [3.8, 4) is 0 Å². The van der Waals surface area contributed by atoms with E-state index in [1.165, 1.54) is 4.68 Å². The van der Waals surface area contributed by atoms with E-state index >= 15 is 0 Å². The molecule has 2 atom stereocenters. The van der Waals surface area contributed by atoms with Crippen LogP contribution in [-0.4, -0.2) is 58.2 Å². The number of benzene rings is 1. The molecule has 2 N–H and O–H groups in total. The first-order chi connectivity index (χ1) is 13.0. The molecule has 2 heterocycles. The molecule has 1 aromatic heterocycles. The fourth-order valence-corrected chi connectivity index (χ4v) is 3.57. The van der Waals surface area contributed by atoms with E-state index in [-0.39, 0.29) is 36.0 Å². The highest BCUT2D eigenvalue weighted by Crippen LogP contribution is 2.17. The average molecular weight is 371 g/mol. The number of amides is 2. The molecule has 8 heteroatoms. The molecule has 2 amide bonds. The Morgan fingerprint density at radius 2 is 2.04 bits per heavy atom. The van der Waals surface area contributed by atoms with E-state index in [0.717, 1.165) is 11.9 Å². The van der Waals surface area contributed by atoms with Crippen molar-refractivity contribution in [1.82, 2.24) is 25.3 Å². The maximum absolute atomic E-state index is 12.5. The third kappa shape index (κ3) is 4.16. The minimum atomic E-state index is -0.287. The average Bonchev–Trinajstić information content (AvgIpc) is 3.07. The molecule has 0 aliphatic carbocycles. The summed E-state index contributed by atoms with van der Waals surface area (Å²) in [7, 11) is 0. The van der Waals surface area contributed by atoms with Crippen LogP contribution in [0.25, 0.3) is 10.8 Å². The molecule has 0 saturated carbocycles. The predicted octanol–water partition coefficient (Wildman–Crippen LogP) is 0.112. The number of rotatable bonds is 6. The van der Waals surface area contributed by atoms with Gasteiger partial charge in [0.15, 0.2) is 0 Å². The van der Waals surface area contributed by atoms with E-state index in [9.17, 15) is 14.4 Å². The van der Waals surface area contributed by atoms with Crippen LogP contribution >= 0.6 is 0 Å². The van der Waals surface area contributed by atoms with E-state index in [1.807, 2.05) is 26.0 Å². The zero-order valence-electron chi connectivity index (χ0n) is 15.6. The fourth-order valence-electron chi connectivity index (χ4n) is 3.57. The van der Waals surface area contributed by atoms with Crippen LogP contribution < -0.4 is 16.2 Å². The molecule has 1 aliphatic heterocycles. The van der Waals surface area contributed by atoms with Crippen molar-refractivity contribution < 1.29 is 9.59 Å². The summed E-state index contributed by atoms with van der Waals surface area (Å²) in [5.74, 6) is -0.291. The molecular formula is C19H25N5O3. The Morgan fingerprint density at radius 3 is 2.78 bits per heavy atom. The van der Waals surface area contributed by atoms with Gasteiger partial charge in [-0.25, -0.2) is 4.68 Å². The van der Waals surface area contributed by atoms with Gasteiger partial charge in [0.25, 0.3) is 5.56 Å². The van der Waals surface area contributed by atoms with Crippen LogP contribution in [0.5, 0.6) is 0 Å². The molecule has 3 rings (SSSR count). The van der Waals surface area contributed by atoms with Crippen molar-refractivity contribution in [2.75, 3.05) is 19.6 Å². The summed E-state index contributed by atoms with van der Waals surface area (Å²) in [5, 5.41) is 11.1. The van der Waals surface area contributed by atoms with Gasteiger partial charge in [0, 0.05) is 24.5 Å². The summed E-state index contributed by atoms with van der Waals surface area (Å²) in [6.07, 6.45) is 2.15. The quantitative estimate of drug-likeness (QED) is 0.751. The smallest absolute Gasteiger partial charge is 0.275 e. The van der Waals surface area contributed by atoms with E-state index in [4.69, 9.17) is 0 Å². The van der Waals surface area contributed by atoms with Gasteiger partial charge in [0.1, 0.15) is 6.54 Å². The summed E-state index contributed by atoms with van der Waals surface area (Å²) in [5.41, 5.74) is -0.287. The van der Waals surface area contributed by atoms with Gasteiger partial charge >= 0.3 is 0 Å². The third-order valence-electron chi connectivity index (χ3n) is 4.88. The molecule has 1 aromatic carbocycles. The van der Waals surface area contributed by atoms with Crippen molar-refractivity contribution in [1.29, 1.82) is 0 Å². The zero-order chi connectivity index (χ0) is 19.4. The second-order valence-electron chi connectivity index (χ2n) is 6.69. The second kappa shape index (κ2) is 8.30. The zero-order valence-corrected chi connectivity index (χ0v) is 15.6. The lowest BCUT2D eigenvalue weighted by Gasteiger charge is -2.20. The van der Waals surface area contributed by atoms with Crippen molar-refractivity contribution in [3.63, 3.8) is 0 Å². The Balaban J connectivity index is 1.65. The van der Waals surface area contributed by atoms with E-state index < -0.39 is 0 Å². The summed E-state index contributed by atoms with van der Waals surface area (Å²) in [6.45, 7) is 5.67. The van der Waals surface area contributed by atoms with Gasteiger partial charge in [0.2, 0.25) is 11.8 Å². The predicted molar refractivity (Wildman–Crippen MR) is 102 cm³/mol. The first-order valence-electron chi connectivity index (χ1n) is 9.29. The summed E-state index contributed by atoms with van der Waals surface area (Å²) in [4.78, 5) is 39.1. The van der Waals surface area contributed by atoms with Crippen LogP contribution in [0.1, 0.15) is 20.3 Å². The molecule has 8 nitrogen and oxygen atoms in total. The van der Waals surface area contributed by atoms with Crippen molar-refractivity contribution in [3.05, 3.63) is 40.8 Å². The van der Waals surface area contributed by atoms with Crippen LogP contribution in [0.15, 0.2) is 35.3 Å². The lowest BCUT2D eigenvalue weighted by Crippen LogP contribution is -2.43. The maximum Gasteiger partial charge on any atom is 0.275 e. The minimum Gasteiger partial charge on any atom is -0.355 e. The molecule has 1 fully saturated rings. The van der Waals surface area contributed by atoms with Crippen LogP contribution in [0.4, 0.5) is 0 Å². The van der Waals surface area contributed by atoms with Gasteiger partial charge in [0.05, 0.1) is 17.6 Å². The number of hydrogen-bond acceptors (Lipinski definition) is 5. The number of nitrogens with one attached hydrogen (secondary N) is 2. The summed E-state index contributed by atoms with van der Waals surface area (Å²) >= 11 is 0. The Bertz CT molecular complexity index is 894. The molecule has 144 valence electrons. The lowest BCUT2D eigenvalue weighted by atomic mass is 10.1. The number of carbonyl (C=O) groups excluding carboxylic acids is 2. The number of fused-ring (bicyclic) bond motifs is 1. The molecule has 0 bridgehead atoms. The highest BCUT2D eigenvalue weighted by molar-refractivity contribution is 5.83. The highest BCUT2D eigenvalue weighted by atomic mass is 16.2. The van der Waals surface area contributed by atoms with Gasteiger partial charge in [-0.3, -0.25) is 19.3 Å². The van der Waals surface area contributed by atoms with Crippen molar-refractivity contribution in [2.24, 2.45) is 0 Å². The van der Waals surface area contributed by atoms with Gasteiger partial charge in [-0.05, 0) is 26.0 Å². The van der Waals surface area contributed by atoms with Crippen molar-refractivity contribution in [2.45, 2.75) is 38.9 Å². The first kappa shape index (κ1) is 19.0. The molecular weight excluding hydrogens is 346 g/mol. The number of nitrogens with zero attached hydrogens (tertiary/aromatic N) is 3. The monoisotopic (exact) mass is 371 g/mol. The van der Waals surface area contributed by atoms with Crippen LogP contribution in [0.3, 0.4) is 0 Å². The molecule has 1 aliphatic rings. The lowest BCUT2D eigenvalue weighted by molar-refractivity contribution is -0.125. The molecule has 0 radical (unpaired) electrons. The molecule has 0 unspecified atom stereocenters. The SMILES string of the molecule is CCNC(=O)[C@@H]1C[C@H](NC(=O)Cn2ncc3ccccc3c2=O)CN1CC. The van der Waals surface area contributed by atoms with Crippen LogP contribution in [0.2, 0.25) is 0 Å². The highest BCUT2D eigenvalue weighted by Gasteiger charge is 2.36. The third-order valence-corrected chi connectivity index (χ3v) is 4.88. The fraction of sp³-hybridized carbons (Fsp3) is 0.474. The topological polar surface area (TPSA) is 96.3 Å². The van der Waals surface area contributed by atoms with Crippen LogP contribution in [-0.2, 0) is 16.1 Å². The number of carbonyl (C=O) groups is 2. The summed E-state index contributed by atoms with van der Waals surface area (Å²) in [6, 6.07) is 6.80. The summed E-state index contributed by atoms with van der Waals surface area (Å²) < 4.78 is 1.17. The number of hydrogen-bond donors (Lipinski definition) is 2. The van der Waals surface area contributed by atoms with Gasteiger partial charge < -0.3 is 10.6 Å². The van der Waals surface area contributed by atoms with E-state index in [2.05, 4.69) is 20.6 Å². The minimum absolute atomic E-state index is 0.0106. The van der Waals surface area contributed by atoms with Crippen molar-refractivity contribution >= 4 is 22.6 Å². The van der Waals surface area contributed by atoms with Gasteiger partial charge in [-0.2, -0.15) is 5.10 Å². The number of likely N-dealkylation sites (N-methyl/N-ethyl adjacent to an activating group) is 2. The molecule has 1 saturated heterocycles. The van der Waals surface area contributed by atoms with Gasteiger partial charge in [-0.15, -0.1) is 0 Å². The maximum atomic E-state index is 12.5. The van der Waals surface area contributed by atoms with Gasteiger partial charge in [-0.1, -0.05) is 25.1 Å². The molecule has 2 aromatic rings. The Labute approximate surface area is 157 Å². The second-order valence-corrected chi connectivity index (χ2v) is 6.69. The Hall–Kier alpha value is -2.74. The van der Waals surface area contributed by atoms with Crippen LogP contribution in [0, 0.1) is 0 Å². The number of likely N-dealkylation sites (tertiary alicyclic amines) is 1. The van der Waals surface area contributed by atoms with E-state index in [1.54, 1.807) is 18.3 Å². The molecule has 0 spiro atoms. The standard InChI is InChI=1S/C19H25N5O3/c1-3-20-18(26)16-9-14(11-23(16)4-2)22-17(25)12-24-19(27)15-8-6-5-7-13(15)10-21-24/h5-8,10,14,16H,3-4,9,11-12H2,1-2H3,(H,20,26)(H,22,25)/t14-,16-/m0/s1. The normalized spacial score (nSPS) is 19.9. The largest absolute Gasteiger partial charge is 0.355 e. The van der Waals surface area contributed by atoms with E-state index in [0.29, 0.717) is 24.9 Å². The number of aromatic nitrogens is 2. The molecule has 27 heavy (non-hydrogen) atoms.